The van der Waals surface area contributed by atoms with E-state index in [0.29, 0.717) is 19.3 Å². The third kappa shape index (κ3) is 53.3. The number of esters is 3. The SMILES string of the molecule is CC\C=C/C=C\C=C/C=C\C=C/CCCCCC(=O)OCC(COC(=O)CCCCCCC/C=C\C=C/CCCCCCCCC)OC(=O)CCCCCCCCC/C=C\CCCCCCCC. The Morgan fingerprint density at radius 1 is 0.309 bits per heavy atom. The van der Waals surface area contributed by atoms with Gasteiger partial charge in [0.05, 0.1) is 0 Å². The Kier molecular flexibility index (Phi) is 52.9. The molecule has 0 saturated carbocycles. The topological polar surface area (TPSA) is 78.9 Å². The second-order valence-electron chi connectivity index (χ2n) is 18.6. The van der Waals surface area contributed by atoms with Gasteiger partial charge in [-0.2, -0.15) is 0 Å². The van der Waals surface area contributed by atoms with Crippen LogP contribution in [-0.2, 0) is 28.6 Å². The third-order valence-corrected chi connectivity index (χ3v) is 11.9. The molecule has 0 spiro atoms. The molecule has 1 atom stereocenters. The van der Waals surface area contributed by atoms with Crippen LogP contribution in [0.1, 0.15) is 258 Å². The Morgan fingerprint density at radius 3 is 0.971 bits per heavy atom. The first-order chi connectivity index (χ1) is 33.5. The highest BCUT2D eigenvalue weighted by molar-refractivity contribution is 5.71. The van der Waals surface area contributed by atoms with Crippen LogP contribution in [0.5, 0.6) is 0 Å². The first-order valence-corrected chi connectivity index (χ1v) is 28.3. The summed E-state index contributed by atoms with van der Waals surface area (Å²) in [5, 5.41) is 0. The molecule has 0 saturated heterocycles. The van der Waals surface area contributed by atoms with Crippen LogP contribution in [0.25, 0.3) is 0 Å². The van der Waals surface area contributed by atoms with Crippen LogP contribution >= 0.6 is 0 Å². The monoisotopic (exact) mass is 945 g/mol. The Balaban J connectivity index is 4.49. The van der Waals surface area contributed by atoms with Gasteiger partial charge in [0.15, 0.2) is 6.10 Å². The van der Waals surface area contributed by atoms with Crippen LogP contribution in [0.4, 0.5) is 0 Å². The van der Waals surface area contributed by atoms with Gasteiger partial charge in [-0.05, 0) is 89.9 Å². The molecule has 0 aromatic heterocycles. The van der Waals surface area contributed by atoms with Crippen molar-refractivity contribution in [1.82, 2.24) is 0 Å². The summed E-state index contributed by atoms with van der Waals surface area (Å²) in [4.78, 5) is 38.1. The number of hydrogen-bond acceptors (Lipinski definition) is 6. The number of unbranched alkanes of at least 4 members (excludes halogenated alkanes) is 28. The summed E-state index contributed by atoms with van der Waals surface area (Å²) < 4.78 is 16.8. The van der Waals surface area contributed by atoms with E-state index in [0.717, 1.165) is 89.9 Å². The van der Waals surface area contributed by atoms with Crippen molar-refractivity contribution in [2.45, 2.75) is 264 Å². The zero-order chi connectivity index (χ0) is 49.3. The maximum Gasteiger partial charge on any atom is 0.306 e. The predicted octanol–water partition coefficient (Wildman–Crippen LogP) is 18.9. The molecular weight excluding hydrogens is 841 g/mol. The normalized spacial score (nSPS) is 12.8. The van der Waals surface area contributed by atoms with E-state index in [1.165, 1.54) is 128 Å². The molecule has 0 bridgehead atoms. The van der Waals surface area contributed by atoms with Crippen LogP contribution in [0, 0.1) is 0 Å². The summed E-state index contributed by atoms with van der Waals surface area (Å²) in [6.07, 6.45) is 73.9. The molecule has 6 nitrogen and oxygen atoms in total. The largest absolute Gasteiger partial charge is 0.462 e. The molecule has 0 aliphatic heterocycles. The van der Waals surface area contributed by atoms with Crippen LogP contribution < -0.4 is 0 Å². The number of allylic oxidation sites excluding steroid dienone is 16. The Labute approximate surface area is 419 Å². The van der Waals surface area contributed by atoms with E-state index in [9.17, 15) is 14.4 Å². The molecule has 0 aromatic rings. The molecule has 0 amide bonds. The lowest BCUT2D eigenvalue weighted by Crippen LogP contribution is -2.30. The van der Waals surface area contributed by atoms with Gasteiger partial charge in [-0.1, -0.05) is 246 Å². The molecule has 0 radical (unpaired) electrons. The molecule has 0 aliphatic rings. The average molecular weight is 946 g/mol. The zero-order valence-electron chi connectivity index (χ0n) is 44.3. The first-order valence-electron chi connectivity index (χ1n) is 28.3. The summed E-state index contributed by atoms with van der Waals surface area (Å²) in [5.74, 6) is -0.960. The zero-order valence-corrected chi connectivity index (χ0v) is 44.3. The molecule has 68 heavy (non-hydrogen) atoms. The number of hydrogen-bond donors (Lipinski definition) is 0. The summed E-state index contributed by atoms with van der Waals surface area (Å²) in [6.45, 7) is 6.44. The van der Waals surface area contributed by atoms with Crippen molar-refractivity contribution in [3.05, 3.63) is 97.2 Å². The smallest absolute Gasteiger partial charge is 0.306 e. The van der Waals surface area contributed by atoms with Crippen molar-refractivity contribution in [3.63, 3.8) is 0 Å². The van der Waals surface area contributed by atoms with Gasteiger partial charge in [-0.15, -0.1) is 0 Å². The Hall–Kier alpha value is -3.67. The standard InChI is InChI=1S/C62H104O6/c1-4-7-10-13-16-19-22-25-28-30-32-34-37-40-43-46-49-52-55-61(64)67-58-59(57-66-60(63)54-51-48-45-42-39-36-33-27-24-21-18-15-12-9-6-3)68-62(65)56-53-50-47-44-41-38-35-31-29-26-23-20-17-14-11-8-5-2/h9,12,15,18,21,24,26-30,32-34,36,39,59H,4-8,10-11,13-14,16-17,19-20,22-23,25,31,35,37-38,40-58H2,1-3H3/b12-9-,18-15-,24-21-,29-26-,30-28-,33-27-,34-32-,39-36-. The molecule has 6 heteroatoms. The van der Waals surface area contributed by atoms with Gasteiger partial charge >= 0.3 is 17.9 Å². The summed E-state index contributed by atoms with van der Waals surface area (Å²) in [6, 6.07) is 0. The molecule has 0 fully saturated rings. The van der Waals surface area contributed by atoms with Gasteiger partial charge < -0.3 is 14.2 Å². The van der Waals surface area contributed by atoms with Gasteiger partial charge in [-0.3, -0.25) is 14.4 Å². The van der Waals surface area contributed by atoms with Gasteiger partial charge in [0.2, 0.25) is 0 Å². The van der Waals surface area contributed by atoms with Crippen molar-refractivity contribution in [3.8, 4) is 0 Å². The van der Waals surface area contributed by atoms with Crippen LogP contribution in [0.15, 0.2) is 97.2 Å². The molecule has 0 aliphatic carbocycles. The fraction of sp³-hybridized carbons (Fsp3) is 0.694. The lowest BCUT2D eigenvalue weighted by molar-refractivity contribution is -0.167. The van der Waals surface area contributed by atoms with Crippen molar-refractivity contribution in [2.24, 2.45) is 0 Å². The molecule has 1 unspecified atom stereocenters. The first kappa shape index (κ1) is 64.3. The maximum atomic E-state index is 12.9. The number of ether oxygens (including phenoxy) is 3. The average Bonchev–Trinajstić information content (AvgIpc) is 3.34. The number of rotatable bonds is 50. The quantitative estimate of drug-likeness (QED) is 0.0199. The van der Waals surface area contributed by atoms with Gasteiger partial charge in [-0.25, -0.2) is 0 Å². The van der Waals surface area contributed by atoms with Gasteiger partial charge in [0.25, 0.3) is 0 Å². The van der Waals surface area contributed by atoms with E-state index in [2.05, 4.69) is 69.4 Å². The van der Waals surface area contributed by atoms with E-state index in [-0.39, 0.29) is 31.1 Å². The predicted molar refractivity (Wildman–Crippen MR) is 293 cm³/mol. The van der Waals surface area contributed by atoms with E-state index in [1.807, 2.05) is 48.6 Å². The maximum absolute atomic E-state index is 12.9. The van der Waals surface area contributed by atoms with Gasteiger partial charge in [0, 0.05) is 19.3 Å². The number of carbonyl (C=O) groups excluding carboxylic acids is 3. The molecule has 0 aromatic carbocycles. The van der Waals surface area contributed by atoms with Crippen molar-refractivity contribution in [2.75, 3.05) is 13.2 Å². The molecular formula is C62H104O6. The van der Waals surface area contributed by atoms with E-state index in [1.54, 1.807) is 0 Å². The second-order valence-corrected chi connectivity index (χ2v) is 18.6. The minimum Gasteiger partial charge on any atom is -0.462 e. The minimum atomic E-state index is -0.805. The van der Waals surface area contributed by atoms with E-state index in [4.69, 9.17) is 14.2 Å². The van der Waals surface area contributed by atoms with E-state index < -0.39 is 6.10 Å². The fourth-order valence-electron chi connectivity index (χ4n) is 7.68. The van der Waals surface area contributed by atoms with Crippen LogP contribution in [0.2, 0.25) is 0 Å². The lowest BCUT2D eigenvalue weighted by atomic mass is 10.1. The van der Waals surface area contributed by atoms with Crippen molar-refractivity contribution in [1.29, 1.82) is 0 Å². The highest BCUT2D eigenvalue weighted by Gasteiger charge is 2.19. The highest BCUT2D eigenvalue weighted by Crippen LogP contribution is 2.14. The molecule has 0 rings (SSSR count). The Bertz CT molecular complexity index is 1360. The lowest BCUT2D eigenvalue weighted by Gasteiger charge is -2.18. The Morgan fingerprint density at radius 2 is 0.588 bits per heavy atom. The second kappa shape index (κ2) is 55.9. The van der Waals surface area contributed by atoms with Crippen LogP contribution in [-0.4, -0.2) is 37.2 Å². The van der Waals surface area contributed by atoms with Crippen molar-refractivity contribution >= 4 is 17.9 Å². The van der Waals surface area contributed by atoms with Crippen molar-refractivity contribution < 1.29 is 28.6 Å². The molecule has 388 valence electrons. The van der Waals surface area contributed by atoms with E-state index >= 15 is 0 Å². The fourth-order valence-corrected chi connectivity index (χ4v) is 7.68. The minimum absolute atomic E-state index is 0.102. The summed E-state index contributed by atoms with van der Waals surface area (Å²) >= 11 is 0. The number of carbonyl (C=O) groups is 3. The molecule has 0 N–H and O–H groups in total. The highest BCUT2D eigenvalue weighted by atomic mass is 16.6. The summed E-state index contributed by atoms with van der Waals surface area (Å²) in [5.41, 5.74) is 0. The summed E-state index contributed by atoms with van der Waals surface area (Å²) in [7, 11) is 0. The molecule has 0 heterocycles. The van der Waals surface area contributed by atoms with Crippen LogP contribution in [0.3, 0.4) is 0 Å². The van der Waals surface area contributed by atoms with Gasteiger partial charge in [0.1, 0.15) is 13.2 Å². The third-order valence-electron chi connectivity index (χ3n) is 11.9.